The van der Waals surface area contributed by atoms with E-state index < -0.39 is 45.8 Å². The van der Waals surface area contributed by atoms with E-state index in [1.807, 2.05) is 12.1 Å². The lowest BCUT2D eigenvalue weighted by molar-refractivity contribution is -0.140. The van der Waals surface area contributed by atoms with Crippen LogP contribution in [-0.2, 0) is 29.7 Å². The lowest BCUT2D eigenvalue weighted by Gasteiger charge is -2.30. The number of carbonyl (C=O) groups is 3. The molecule has 0 unspecified atom stereocenters. The molecule has 2 aromatic rings. The SMILES string of the molecule is COCCN(C(=O)CN1C(=O)NC(c2ccccc2)(c2ccccc2)C1=O)[C@H]1CCS(=O)(=O)C1. The van der Waals surface area contributed by atoms with Crippen molar-refractivity contribution < 1.29 is 27.5 Å². The fourth-order valence-corrected chi connectivity index (χ4v) is 6.33. The third-order valence-corrected chi connectivity index (χ3v) is 8.07. The molecule has 1 atom stereocenters. The molecule has 0 bridgehead atoms. The Balaban J connectivity index is 1.64. The maximum atomic E-state index is 13.8. The van der Waals surface area contributed by atoms with Crippen molar-refractivity contribution in [2.45, 2.75) is 18.0 Å². The van der Waals surface area contributed by atoms with Crippen molar-refractivity contribution in [3.05, 3.63) is 71.8 Å². The van der Waals surface area contributed by atoms with Gasteiger partial charge >= 0.3 is 6.03 Å². The Bertz CT molecular complexity index is 1130. The summed E-state index contributed by atoms with van der Waals surface area (Å²) in [4.78, 5) is 42.4. The summed E-state index contributed by atoms with van der Waals surface area (Å²) < 4.78 is 29.1. The van der Waals surface area contributed by atoms with Crippen LogP contribution in [0.5, 0.6) is 0 Å². The Labute approximate surface area is 198 Å². The van der Waals surface area contributed by atoms with E-state index in [2.05, 4.69) is 5.32 Å². The fraction of sp³-hybridized carbons (Fsp3) is 0.375. The average Bonchev–Trinajstić information content (AvgIpc) is 3.32. The first kappa shape index (κ1) is 23.9. The van der Waals surface area contributed by atoms with E-state index in [4.69, 9.17) is 4.74 Å². The molecule has 2 fully saturated rings. The van der Waals surface area contributed by atoms with Crippen molar-refractivity contribution in [2.75, 3.05) is 38.3 Å². The Morgan fingerprint density at radius 2 is 1.68 bits per heavy atom. The van der Waals surface area contributed by atoms with Crippen molar-refractivity contribution in [2.24, 2.45) is 0 Å². The summed E-state index contributed by atoms with van der Waals surface area (Å²) in [5, 5.41) is 2.82. The van der Waals surface area contributed by atoms with Gasteiger partial charge in [0, 0.05) is 19.7 Å². The molecule has 0 spiro atoms. The van der Waals surface area contributed by atoms with Gasteiger partial charge in [-0.2, -0.15) is 0 Å². The molecule has 2 aliphatic rings. The minimum atomic E-state index is -3.23. The minimum Gasteiger partial charge on any atom is -0.383 e. The normalized spacial score (nSPS) is 20.9. The van der Waals surface area contributed by atoms with Crippen LogP contribution in [0.3, 0.4) is 0 Å². The predicted octanol–water partition coefficient (Wildman–Crippen LogP) is 1.14. The second-order valence-corrected chi connectivity index (χ2v) is 10.7. The highest BCUT2D eigenvalue weighted by molar-refractivity contribution is 7.91. The zero-order chi connectivity index (χ0) is 24.3. The Morgan fingerprint density at radius 1 is 1.09 bits per heavy atom. The number of rotatable bonds is 8. The van der Waals surface area contributed by atoms with Gasteiger partial charge in [0.2, 0.25) is 5.91 Å². The number of hydrogen-bond acceptors (Lipinski definition) is 6. The summed E-state index contributed by atoms with van der Waals surface area (Å²) in [7, 11) is -1.75. The molecule has 2 saturated heterocycles. The summed E-state index contributed by atoms with van der Waals surface area (Å²) in [6, 6.07) is 16.6. The molecule has 2 aliphatic heterocycles. The van der Waals surface area contributed by atoms with Gasteiger partial charge in [-0.05, 0) is 17.5 Å². The number of carbonyl (C=O) groups excluding carboxylic acids is 3. The van der Waals surface area contributed by atoms with Crippen molar-refractivity contribution >= 4 is 27.7 Å². The molecule has 4 rings (SSSR count). The summed E-state index contributed by atoms with van der Waals surface area (Å²) in [6.45, 7) is -0.117. The number of ether oxygens (including phenoxy) is 1. The van der Waals surface area contributed by atoms with Crippen LogP contribution >= 0.6 is 0 Å². The lowest BCUT2D eigenvalue weighted by Crippen LogP contribution is -2.49. The quantitative estimate of drug-likeness (QED) is 0.561. The van der Waals surface area contributed by atoms with Crippen LogP contribution in [0.4, 0.5) is 4.79 Å². The van der Waals surface area contributed by atoms with Gasteiger partial charge in [0.05, 0.1) is 18.1 Å². The Hall–Kier alpha value is -3.24. The molecule has 1 N–H and O–H groups in total. The molecule has 34 heavy (non-hydrogen) atoms. The van der Waals surface area contributed by atoms with Crippen LogP contribution in [0.25, 0.3) is 0 Å². The van der Waals surface area contributed by atoms with E-state index >= 15 is 0 Å². The van der Waals surface area contributed by atoms with Crippen molar-refractivity contribution in [3.8, 4) is 0 Å². The van der Waals surface area contributed by atoms with E-state index in [1.54, 1.807) is 48.5 Å². The van der Waals surface area contributed by atoms with Crippen molar-refractivity contribution in [1.29, 1.82) is 0 Å². The van der Waals surface area contributed by atoms with Crippen molar-refractivity contribution in [3.63, 3.8) is 0 Å². The highest BCUT2D eigenvalue weighted by atomic mass is 32.2. The number of benzene rings is 2. The molecule has 180 valence electrons. The fourth-order valence-electron chi connectivity index (χ4n) is 4.60. The van der Waals surface area contributed by atoms with Crippen molar-refractivity contribution in [1.82, 2.24) is 15.1 Å². The molecule has 0 aromatic heterocycles. The van der Waals surface area contributed by atoms with Gasteiger partial charge < -0.3 is 15.0 Å². The zero-order valence-corrected chi connectivity index (χ0v) is 19.7. The monoisotopic (exact) mass is 485 g/mol. The number of sulfone groups is 1. The highest BCUT2D eigenvalue weighted by Crippen LogP contribution is 2.36. The van der Waals surface area contributed by atoms with Gasteiger partial charge in [-0.15, -0.1) is 0 Å². The lowest BCUT2D eigenvalue weighted by atomic mass is 9.82. The number of nitrogens with one attached hydrogen (secondary N) is 1. The highest BCUT2D eigenvalue weighted by Gasteiger charge is 2.54. The standard InChI is InChI=1S/C24H27N3O6S/c1-33-14-13-26(20-12-15-34(31,32)17-20)21(28)16-27-22(29)24(25-23(27)30,18-8-4-2-5-9-18)19-10-6-3-7-11-19/h2-11,20H,12-17H2,1H3,(H,25,30)/t20-/m0/s1. The van der Waals surface area contributed by atoms with Crippen LogP contribution in [0, 0.1) is 0 Å². The molecular weight excluding hydrogens is 458 g/mol. The summed E-state index contributed by atoms with van der Waals surface area (Å²) >= 11 is 0. The van der Waals surface area contributed by atoms with Gasteiger partial charge in [0.25, 0.3) is 5.91 Å². The van der Waals surface area contributed by atoms with Crippen LogP contribution in [0.1, 0.15) is 17.5 Å². The number of imide groups is 1. The van der Waals surface area contributed by atoms with Gasteiger partial charge in [-0.3, -0.25) is 14.5 Å². The average molecular weight is 486 g/mol. The first-order valence-corrected chi connectivity index (χ1v) is 12.8. The molecule has 10 heteroatoms. The molecule has 4 amide bonds. The van der Waals surface area contributed by atoms with E-state index in [0.717, 1.165) is 4.90 Å². The third kappa shape index (κ3) is 4.43. The first-order valence-electron chi connectivity index (χ1n) is 11.0. The zero-order valence-electron chi connectivity index (χ0n) is 18.8. The molecule has 0 radical (unpaired) electrons. The van der Waals surface area contributed by atoms with Gasteiger partial charge in [-0.1, -0.05) is 60.7 Å². The summed E-state index contributed by atoms with van der Waals surface area (Å²) in [5.41, 5.74) is -0.311. The number of hydrogen-bond donors (Lipinski definition) is 1. The number of nitrogens with zero attached hydrogens (tertiary/aromatic N) is 2. The maximum absolute atomic E-state index is 13.8. The van der Waals surface area contributed by atoms with E-state index in [9.17, 15) is 22.8 Å². The number of methoxy groups -OCH3 is 1. The predicted molar refractivity (Wildman–Crippen MR) is 125 cm³/mol. The molecule has 2 aromatic carbocycles. The first-order chi connectivity index (χ1) is 16.3. The summed E-state index contributed by atoms with van der Waals surface area (Å²) in [5.74, 6) is -1.20. The third-order valence-electron chi connectivity index (χ3n) is 6.32. The van der Waals surface area contributed by atoms with Gasteiger partial charge in [0.15, 0.2) is 15.4 Å². The maximum Gasteiger partial charge on any atom is 0.326 e. The van der Waals surface area contributed by atoms with Crippen LogP contribution in [0.15, 0.2) is 60.7 Å². The minimum absolute atomic E-state index is 0.00266. The molecule has 2 heterocycles. The summed E-state index contributed by atoms with van der Waals surface area (Å²) in [6.07, 6.45) is 0.315. The van der Waals surface area contributed by atoms with Gasteiger partial charge in [-0.25, -0.2) is 13.2 Å². The number of amides is 4. The molecular formula is C24H27N3O6S. The second-order valence-electron chi connectivity index (χ2n) is 8.44. The number of urea groups is 1. The Kier molecular flexibility index (Phi) is 6.72. The molecule has 0 saturated carbocycles. The Morgan fingerprint density at radius 3 is 2.18 bits per heavy atom. The smallest absolute Gasteiger partial charge is 0.326 e. The van der Waals surface area contributed by atoms with Gasteiger partial charge in [0.1, 0.15) is 6.54 Å². The van der Waals surface area contributed by atoms with Crippen LogP contribution in [0.2, 0.25) is 0 Å². The molecule has 9 nitrogen and oxygen atoms in total. The molecule has 0 aliphatic carbocycles. The largest absolute Gasteiger partial charge is 0.383 e. The second kappa shape index (κ2) is 9.55. The van der Waals surface area contributed by atoms with E-state index in [0.29, 0.717) is 17.5 Å². The van der Waals surface area contributed by atoms with Crippen LogP contribution < -0.4 is 5.32 Å². The van der Waals surface area contributed by atoms with E-state index in [1.165, 1.54) is 12.0 Å². The van der Waals surface area contributed by atoms with E-state index in [-0.39, 0.29) is 24.7 Å². The topological polar surface area (TPSA) is 113 Å². The van der Waals surface area contributed by atoms with Crippen LogP contribution in [-0.4, -0.2) is 80.4 Å².